The molecule has 2 unspecified atom stereocenters. The number of aliphatic hydroxyl groups is 1. The highest BCUT2D eigenvalue weighted by Gasteiger charge is 2.25. The van der Waals surface area contributed by atoms with Crippen molar-refractivity contribution in [2.45, 2.75) is 31.4 Å². The lowest BCUT2D eigenvalue weighted by molar-refractivity contribution is -0.118. The number of halogens is 2. The molecule has 2 rings (SSSR count). The van der Waals surface area contributed by atoms with Gasteiger partial charge < -0.3 is 15.7 Å². The number of carbonyl (C=O) groups is 1. The molecule has 2 atom stereocenters. The highest BCUT2D eigenvalue weighted by Crippen LogP contribution is 2.21. The summed E-state index contributed by atoms with van der Waals surface area (Å²) >= 11 is 0. The largest absolute Gasteiger partial charge is 0.386 e. The van der Waals surface area contributed by atoms with Crippen molar-refractivity contribution in [2.75, 3.05) is 11.9 Å². The van der Waals surface area contributed by atoms with Crippen LogP contribution in [0.25, 0.3) is 0 Å². The van der Waals surface area contributed by atoms with E-state index < -0.39 is 18.6 Å². The Balaban J connectivity index is 1.97. The summed E-state index contributed by atoms with van der Waals surface area (Å²) < 4.78 is 24.4. The molecule has 1 aromatic rings. The first kappa shape index (κ1) is 13.9. The lowest BCUT2D eigenvalue weighted by Gasteiger charge is -2.17. The molecule has 6 heteroatoms. The zero-order valence-electron chi connectivity index (χ0n) is 10.3. The summed E-state index contributed by atoms with van der Waals surface area (Å²) in [7, 11) is 0. The first-order valence-electron chi connectivity index (χ1n) is 6.16. The molecule has 0 saturated carbocycles. The van der Waals surface area contributed by atoms with Crippen LogP contribution in [0.4, 0.5) is 14.5 Å². The Labute approximate surface area is 109 Å². The Hall–Kier alpha value is -1.53. The van der Waals surface area contributed by atoms with Crippen LogP contribution >= 0.6 is 0 Å². The number of hydrogen-bond acceptors (Lipinski definition) is 3. The van der Waals surface area contributed by atoms with Gasteiger partial charge in [-0.2, -0.15) is 0 Å². The monoisotopic (exact) mass is 270 g/mol. The van der Waals surface area contributed by atoms with E-state index in [4.69, 9.17) is 5.11 Å². The third-order valence-electron chi connectivity index (χ3n) is 3.16. The van der Waals surface area contributed by atoms with E-state index in [1.165, 1.54) is 0 Å². The van der Waals surface area contributed by atoms with E-state index in [1.807, 2.05) is 24.3 Å². The number of fused-ring (bicyclic) bond motifs is 1. The summed E-state index contributed by atoms with van der Waals surface area (Å²) in [5, 5.41) is 14.5. The molecule has 0 spiro atoms. The van der Waals surface area contributed by atoms with Gasteiger partial charge in [-0.05, 0) is 24.5 Å². The molecule has 0 aromatic heterocycles. The van der Waals surface area contributed by atoms with Gasteiger partial charge in [0.25, 0.3) is 6.43 Å². The van der Waals surface area contributed by atoms with Gasteiger partial charge in [-0.1, -0.05) is 18.2 Å². The molecular weight excluding hydrogens is 254 g/mol. The van der Waals surface area contributed by atoms with Gasteiger partial charge in [-0.3, -0.25) is 4.79 Å². The third kappa shape index (κ3) is 3.48. The van der Waals surface area contributed by atoms with Crippen LogP contribution in [0, 0.1) is 0 Å². The number of rotatable bonds is 4. The second-order valence-electron chi connectivity index (χ2n) is 4.55. The predicted molar refractivity (Wildman–Crippen MR) is 67.2 cm³/mol. The number of benzene rings is 1. The molecule has 4 nitrogen and oxygen atoms in total. The number of anilines is 1. The molecule has 0 saturated heterocycles. The maximum absolute atomic E-state index is 12.2. The van der Waals surface area contributed by atoms with Gasteiger partial charge in [0, 0.05) is 12.2 Å². The molecule has 0 aliphatic carbocycles. The standard InChI is InChI=1S/C13H16F2N2O2/c14-12(15)11(18)7-16-10-6-5-8-3-1-2-4-9(8)17-13(10)19/h1-4,10-12,16,18H,5-7H2,(H,17,19). The third-order valence-corrected chi connectivity index (χ3v) is 3.16. The summed E-state index contributed by atoms with van der Waals surface area (Å²) in [6, 6.07) is 6.88. The summed E-state index contributed by atoms with van der Waals surface area (Å²) in [5.74, 6) is -0.258. The van der Waals surface area contributed by atoms with Crippen molar-refractivity contribution in [2.24, 2.45) is 0 Å². The van der Waals surface area contributed by atoms with Gasteiger partial charge in [0.2, 0.25) is 5.91 Å². The smallest absolute Gasteiger partial charge is 0.265 e. The van der Waals surface area contributed by atoms with Gasteiger partial charge in [-0.15, -0.1) is 0 Å². The Morgan fingerprint density at radius 2 is 2.16 bits per heavy atom. The highest BCUT2D eigenvalue weighted by atomic mass is 19.3. The number of para-hydroxylation sites is 1. The fourth-order valence-electron chi connectivity index (χ4n) is 2.06. The summed E-state index contributed by atoms with van der Waals surface area (Å²) in [5.41, 5.74) is 1.78. The zero-order chi connectivity index (χ0) is 13.8. The molecule has 0 bridgehead atoms. The predicted octanol–water partition coefficient (Wildman–Crippen LogP) is 1.16. The Kier molecular flexibility index (Phi) is 4.44. The van der Waals surface area contributed by atoms with Crippen molar-refractivity contribution in [3.63, 3.8) is 0 Å². The molecule has 0 fully saturated rings. The number of hydrogen-bond donors (Lipinski definition) is 3. The highest BCUT2D eigenvalue weighted by molar-refractivity contribution is 5.96. The topological polar surface area (TPSA) is 61.4 Å². The number of aliphatic hydroxyl groups excluding tert-OH is 1. The molecule has 1 aliphatic heterocycles. The Morgan fingerprint density at radius 1 is 1.42 bits per heavy atom. The lowest BCUT2D eigenvalue weighted by atomic mass is 10.1. The van der Waals surface area contributed by atoms with Crippen LogP contribution in [0.1, 0.15) is 12.0 Å². The summed E-state index contributed by atoms with van der Waals surface area (Å²) in [6.07, 6.45) is -3.37. The van der Waals surface area contributed by atoms with Gasteiger partial charge >= 0.3 is 0 Å². The van der Waals surface area contributed by atoms with Crippen LogP contribution < -0.4 is 10.6 Å². The van der Waals surface area contributed by atoms with E-state index in [-0.39, 0.29) is 12.5 Å². The van der Waals surface area contributed by atoms with Crippen LogP contribution in [0.3, 0.4) is 0 Å². The van der Waals surface area contributed by atoms with E-state index in [2.05, 4.69) is 10.6 Å². The fraction of sp³-hybridized carbons (Fsp3) is 0.462. The SMILES string of the molecule is O=C1Nc2ccccc2CCC1NCC(O)C(F)F. The van der Waals surface area contributed by atoms with Crippen molar-refractivity contribution in [1.29, 1.82) is 0 Å². The first-order valence-corrected chi connectivity index (χ1v) is 6.16. The zero-order valence-corrected chi connectivity index (χ0v) is 10.3. The second-order valence-corrected chi connectivity index (χ2v) is 4.55. The Morgan fingerprint density at radius 3 is 2.89 bits per heavy atom. The minimum Gasteiger partial charge on any atom is -0.386 e. The lowest BCUT2D eigenvalue weighted by Crippen LogP contribution is -2.44. The van der Waals surface area contributed by atoms with Crippen molar-refractivity contribution in [3.8, 4) is 0 Å². The Bertz CT molecular complexity index is 454. The molecule has 19 heavy (non-hydrogen) atoms. The first-order chi connectivity index (χ1) is 9.08. The number of alkyl halides is 2. The molecule has 0 radical (unpaired) electrons. The van der Waals surface area contributed by atoms with Gasteiger partial charge in [-0.25, -0.2) is 8.78 Å². The minimum atomic E-state index is -2.81. The normalized spacial score (nSPS) is 20.6. The van der Waals surface area contributed by atoms with Crippen molar-refractivity contribution < 1.29 is 18.7 Å². The van der Waals surface area contributed by atoms with Crippen LogP contribution in [0.15, 0.2) is 24.3 Å². The fourth-order valence-corrected chi connectivity index (χ4v) is 2.06. The van der Waals surface area contributed by atoms with Gasteiger partial charge in [0.1, 0.15) is 6.10 Å². The van der Waals surface area contributed by atoms with Crippen LogP contribution in [0.2, 0.25) is 0 Å². The van der Waals surface area contributed by atoms with Gasteiger partial charge in [0.05, 0.1) is 6.04 Å². The maximum Gasteiger partial charge on any atom is 0.265 e. The van der Waals surface area contributed by atoms with Crippen molar-refractivity contribution >= 4 is 11.6 Å². The number of aryl methyl sites for hydroxylation is 1. The molecule has 1 aromatic carbocycles. The van der Waals surface area contributed by atoms with Crippen LogP contribution in [0.5, 0.6) is 0 Å². The average Bonchev–Trinajstić information content (AvgIpc) is 2.54. The molecule has 1 amide bonds. The van der Waals surface area contributed by atoms with Gasteiger partial charge in [0.15, 0.2) is 0 Å². The molecule has 1 aliphatic rings. The van der Waals surface area contributed by atoms with Crippen molar-refractivity contribution in [3.05, 3.63) is 29.8 Å². The number of amides is 1. The van der Waals surface area contributed by atoms with Crippen LogP contribution in [-0.2, 0) is 11.2 Å². The second kappa shape index (κ2) is 6.08. The molecule has 1 heterocycles. The number of carbonyl (C=O) groups excluding carboxylic acids is 1. The molecule has 3 N–H and O–H groups in total. The average molecular weight is 270 g/mol. The summed E-state index contributed by atoms with van der Waals surface area (Å²) in [4.78, 5) is 11.9. The van der Waals surface area contributed by atoms with E-state index in [0.29, 0.717) is 12.8 Å². The van der Waals surface area contributed by atoms with Crippen molar-refractivity contribution in [1.82, 2.24) is 5.32 Å². The number of nitrogens with one attached hydrogen (secondary N) is 2. The van der Waals surface area contributed by atoms with E-state index in [1.54, 1.807) is 0 Å². The quantitative estimate of drug-likeness (QED) is 0.769. The molecular formula is C13H16F2N2O2. The van der Waals surface area contributed by atoms with E-state index >= 15 is 0 Å². The van der Waals surface area contributed by atoms with Crippen LogP contribution in [-0.4, -0.2) is 36.1 Å². The molecule has 104 valence electrons. The van der Waals surface area contributed by atoms with E-state index in [0.717, 1.165) is 11.3 Å². The van der Waals surface area contributed by atoms with E-state index in [9.17, 15) is 13.6 Å². The maximum atomic E-state index is 12.2. The minimum absolute atomic E-state index is 0.258. The summed E-state index contributed by atoms with van der Waals surface area (Å²) in [6.45, 7) is -0.300.